The molecule has 6 heteroatoms. The number of amides is 2. The average molecular weight is 430 g/mol. The monoisotopic (exact) mass is 429 g/mol. The van der Waals surface area contributed by atoms with Crippen LogP contribution in [-0.4, -0.2) is 22.2 Å². The van der Waals surface area contributed by atoms with Crippen molar-refractivity contribution >= 4 is 45.8 Å². The van der Waals surface area contributed by atoms with Crippen molar-refractivity contribution in [2.45, 2.75) is 25.5 Å². The fraction of sp³-hybridized carbons (Fsp3) is 0.160. The van der Waals surface area contributed by atoms with Gasteiger partial charge in [-0.1, -0.05) is 60.3 Å². The molecular formula is C25H23N3O2S. The Morgan fingerprint density at radius 2 is 1.65 bits per heavy atom. The highest BCUT2D eigenvalue weighted by Gasteiger charge is 2.40. The molecule has 156 valence electrons. The largest absolute Gasteiger partial charge is 0.326 e. The van der Waals surface area contributed by atoms with Gasteiger partial charge in [-0.3, -0.25) is 14.5 Å². The summed E-state index contributed by atoms with van der Waals surface area (Å²) in [5.74, 6) is -0.324. The van der Waals surface area contributed by atoms with E-state index in [0.29, 0.717) is 5.17 Å². The zero-order valence-corrected chi connectivity index (χ0v) is 18.2. The fourth-order valence-corrected chi connectivity index (χ4v) is 4.51. The zero-order chi connectivity index (χ0) is 21.8. The first-order valence-corrected chi connectivity index (χ1v) is 11.0. The van der Waals surface area contributed by atoms with E-state index >= 15 is 0 Å². The molecule has 1 atom stereocenters. The zero-order valence-electron chi connectivity index (χ0n) is 17.4. The van der Waals surface area contributed by atoms with Crippen molar-refractivity contribution in [1.29, 1.82) is 0 Å². The highest BCUT2D eigenvalue weighted by Crippen LogP contribution is 2.35. The van der Waals surface area contributed by atoms with Gasteiger partial charge in [0, 0.05) is 12.1 Å². The summed E-state index contributed by atoms with van der Waals surface area (Å²) in [6.07, 6.45) is 0.0774. The van der Waals surface area contributed by atoms with E-state index in [1.54, 1.807) is 4.90 Å². The average Bonchev–Trinajstić information content (AvgIpc) is 3.07. The van der Waals surface area contributed by atoms with Crippen molar-refractivity contribution in [2.24, 2.45) is 4.99 Å². The molecule has 0 aromatic heterocycles. The quantitative estimate of drug-likeness (QED) is 0.585. The number of nitrogens with one attached hydrogen (secondary N) is 1. The van der Waals surface area contributed by atoms with Crippen molar-refractivity contribution in [3.8, 4) is 0 Å². The number of nitrogens with zero attached hydrogens (tertiary/aromatic N) is 2. The van der Waals surface area contributed by atoms with Crippen molar-refractivity contribution in [3.63, 3.8) is 0 Å². The molecule has 3 aromatic carbocycles. The van der Waals surface area contributed by atoms with Gasteiger partial charge in [0.25, 0.3) is 0 Å². The molecule has 0 spiro atoms. The van der Waals surface area contributed by atoms with Crippen LogP contribution in [0.25, 0.3) is 0 Å². The lowest BCUT2D eigenvalue weighted by Crippen LogP contribution is -2.33. The van der Waals surface area contributed by atoms with Crippen LogP contribution in [0.2, 0.25) is 0 Å². The van der Waals surface area contributed by atoms with Gasteiger partial charge in [-0.15, -0.1) is 0 Å². The molecule has 1 fully saturated rings. The van der Waals surface area contributed by atoms with Gasteiger partial charge < -0.3 is 5.32 Å². The molecule has 0 radical (unpaired) electrons. The van der Waals surface area contributed by atoms with Gasteiger partial charge in [-0.05, 0) is 55.3 Å². The Kier molecular flexibility index (Phi) is 6.18. The lowest BCUT2D eigenvalue weighted by atomic mass is 10.1. The SMILES string of the molecule is Cc1cccc(NC(=O)C[C@H]2SC(=Nc3ccccc3)N(c3ccccc3)C2=O)c1C. The summed E-state index contributed by atoms with van der Waals surface area (Å²) in [4.78, 5) is 32.3. The summed E-state index contributed by atoms with van der Waals surface area (Å²) in [7, 11) is 0. The van der Waals surface area contributed by atoms with Crippen LogP contribution in [0.3, 0.4) is 0 Å². The fourth-order valence-electron chi connectivity index (χ4n) is 3.36. The molecule has 1 N–H and O–H groups in total. The Bertz CT molecular complexity index is 1130. The maximum absolute atomic E-state index is 13.3. The topological polar surface area (TPSA) is 61.8 Å². The lowest BCUT2D eigenvalue weighted by molar-refractivity contribution is -0.121. The third-order valence-electron chi connectivity index (χ3n) is 5.18. The molecule has 0 saturated carbocycles. The summed E-state index contributed by atoms with van der Waals surface area (Å²) in [5.41, 5.74) is 4.42. The number of rotatable bonds is 5. The Morgan fingerprint density at radius 1 is 0.968 bits per heavy atom. The van der Waals surface area contributed by atoms with Gasteiger partial charge in [-0.25, -0.2) is 4.99 Å². The lowest BCUT2D eigenvalue weighted by Gasteiger charge is -2.16. The maximum atomic E-state index is 13.3. The van der Waals surface area contributed by atoms with Crippen LogP contribution in [0.15, 0.2) is 83.9 Å². The van der Waals surface area contributed by atoms with E-state index in [4.69, 9.17) is 0 Å². The highest BCUT2D eigenvalue weighted by atomic mass is 32.2. The standard InChI is InChI=1S/C25H23N3O2S/c1-17-10-9-15-21(18(17)2)27-23(29)16-22-24(30)28(20-13-7-4-8-14-20)25(31-22)26-19-11-5-3-6-12-19/h3-15,22H,16H2,1-2H3,(H,27,29)/t22-/m1/s1. The number of benzene rings is 3. The number of hydrogen-bond donors (Lipinski definition) is 1. The second kappa shape index (κ2) is 9.18. The minimum Gasteiger partial charge on any atom is -0.326 e. The van der Waals surface area contributed by atoms with E-state index in [0.717, 1.165) is 28.2 Å². The molecule has 1 heterocycles. The predicted octanol–water partition coefficient (Wildman–Crippen LogP) is 5.47. The van der Waals surface area contributed by atoms with Gasteiger partial charge in [0.05, 0.1) is 11.4 Å². The Labute approximate surface area is 186 Å². The number of para-hydroxylation sites is 2. The van der Waals surface area contributed by atoms with Crippen LogP contribution in [0.5, 0.6) is 0 Å². The van der Waals surface area contributed by atoms with Crippen LogP contribution in [0.1, 0.15) is 17.5 Å². The number of carbonyl (C=O) groups is 2. The van der Waals surface area contributed by atoms with Gasteiger partial charge in [-0.2, -0.15) is 0 Å². The molecule has 1 saturated heterocycles. The molecule has 5 nitrogen and oxygen atoms in total. The van der Waals surface area contributed by atoms with E-state index in [9.17, 15) is 9.59 Å². The van der Waals surface area contributed by atoms with Gasteiger partial charge in [0.1, 0.15) is 5.25 Å². The molecular weight excluding hydrogens is 406 g/mol. The third-order valence-corrected chi connectivity index (χ3v) is 6.32. The normalized spacial score (nSPS) is 17.2. The van der Waals surface area contributed by atoms with E-state index in [-0.39, 0.29) is 18.2 Å². The molecule has 1 aliphatic rings. The molecule has 4 rings (SSSR count). The number of amidine groups is 1. The van der Waals surface area contributed by atoms with Gasteiger partial charge in [0.2, 0.25) is 11.8 Å². The molecule has 0 unspecified atom stereocenters. The van der Waals surface area contributed by atoms with Crippen LogP contribution >= 0.6 is 11.8 Å². The number of carbonyl (C=O) groups excluding carboxylic acids is 2. The minimum absolute atomic E-state index is 0.0774. The Morgan fingerprint density at radius 3 is 2.35 bits per heavy atom. The number of hydrogen-bond acceptors (Lipinski definition) is 4. The first kappa shape index (κ1) is 20.9. The van der Waals surface area contributed by atoms with E-state index in [1.807, 2.05) is 92.7 Å². The smallest absolute Gasteiger partial charge is 0.247 e. The summed E-state index contributed by atoms with van der Waals surface area (Å²) >= 11 is 1.33. The van der Waals surface area contributed by atoms with Crippen LogP contribution in [-0.2, 0) is 9.59 Å². The third kappa shape index (κ3) is 4.70. The van der Waals surface area contributed by atoms with Gasteiger partial charge in [0.15, 0.2) is 5.17 Å². The molecule has 31 heavy (non-hydrogen) atoms. The molecule has 1 aliphatic heterocycles. The maximum Gasteiger partial charge on any atom is 0.247 e. The van der Waals surface area contributed by atoms with E-state index in [1.165, 1.54) is 11.8 Å². The summed E-state index contributed by atoms with van der Waals surface area (Å²) in [6.45, 7) is 3.98. The first-order valence-electron chi connectivity index (χ1n) is 10.1. The number of anilines is 2. The van der Waals surface area contributed by atoms with E-state index in [2.05, 4.69) is 10.3 Å². The van der Waals surface area contributed by atoms with Crippen LogP contribution in [0.4, 0.5) is 17.1 Å². The summed E-state index contributed by atoms with van der Waals surface area (Å²) in [6, 6.07) is 24.7. The van der Waals surface area contributed by atoms with Crippen molar-refractivity contribution < 1.29 is 9.59 Å². The van der Waals surface area contributed by atoms with Crippen molar-refractivity contribution in [1.82, 2.24) is 0 Å². The molecule has 3 aromatic rings. The van der Waals surface area contributed by atoms with Crippen LogP contribution < -0.4 is 10.2 Å². The number of aryl methyl sites for hydroxylation is 1. The first-order chi connectivity index (χ1) is 15.0. The van der Waals surface area contributed by atoms with Crippen molar-refractivity contribution in [2.75, 3.05) is 10.2 Å². The van der Waals surface area contributed by atoms with Gasteiger partial charge >= 0.3 is 0 Å². The summed E-state index contributed by atoms with van der Waals surface area (Å²) in [5, 5.41) is 3.00. The second-order valence-electron chi connectivity index (χ2n) is 7.35. The van der Waals surface area contributed by atoms with Crippen molar-refractivity contribution in [3.05, 3.63) is 90.0 Å². The highest BCUT2D eigenvalue weighted by molar-refractivity contribution is 8.16. The van der Waals surface area contributed by atoms with E-state index < -0.39 is 5.25 Å². The minimum atomic E-state index is -0.534. The molecule has 0 aliphatic carbocycles. The Hall–Kier alpha value is -3.38. The number of thioether (sulfide) groups is 1. The Balaban J connectivity index is 1.57. The molecule has 0 bridgehead atoms. The van der Waals surface area contributed by atoms with Crippen LogP contribution in [0, 0.1) is 13.8 Å². The second-order valence-corrected chi connectivity index (χ2v) is 8.52. The predicted molar refractivity (Wildman–Crippen MR) is 128 cm³/mol. The summed E-state index contributed by atoms with van der Waals surface area (Å²) < 4.78 is 0. The number of aliphatic imine (C=N–C) groups is 1. The molecule has 2 amide bonds.